The van der Waals surface area contributed by atoms with Gasteiger partial charge in [0.15, 0.2) is 0 Å². The van der Waals surface area contributed by atoms with Gasteiger partial charge in [0.1, 0.15) is 11.3 Å². The maximum atomic E-state index is 12.6. The molecule has 2 fully saturated rings. The standard InChI is InChI=1S/C19H21N3O3/c1-13-15(12-20-25-13)18(24)22-9-7-19(8-10-22)16(11-17(23)21-19)14-5-3-2-4-6-14/h2-6,12,16H,7-11H2,1H3,(H,21,23). The number of aryl methyl sites for hydroxylation is 1. The summed E-state index contributed by atoms with van der Waals surface area (Å²) in [4.78, 5) is 26.6. The molecule has 3 heterocycles. The van der Waals surface area contributed by atoms with E-state index in [0.29, 0.717) is 30.8 Å². The van der Waals surface area contributed by atoms with Gasteiger partial charge in [-0.2, -0.15) is 0 Å². The molecule has 2 amide bonds. The SMILES string of the molecule is Cc1oncc1C(=O)N1CCC2(CC1)NC(=O)CC2c1ccccc1. The summed E-state index contributed by atoms with van der Waals surface area (Å²) in [5.41, 5.74) is 1.46. The quantitative estimate of drug-likeness (QED) is 0.911. The predicted octanol–water partition coefficient (Wildman–Crippen LogP) is 2.26. The molecule has 1 spiro atoms. The van der Waals surface area contributed by atoms with Crippen molar-refractivity contribution in [3.8, 4) is 0 Å². The van der Waals surface area contributed by atoms with E-state index in [1.54, 1.807) is 6.92 Å². The fourth-order valence-corrected chi connectivity index (χ4v) is 4.18. The first kappa shape index (κ1) is 15.9. The van der Waals surface area contributed by atoms with Crippen molar-refractivity contribution in [1.82, 2.24) is 15.4 Å². The van der Waals surface area contributed by atoms with Gasteiger partial charge in [0.05, 0.1) is 11.7 Å². The first-order valence-electron chi connectivity index (χ1n) is 8.65. The van der Waals surface area contributed by atoms with Crippen LogP contribution in [0, 0.1) is 6.92 Å². The smallest absolute Gasteiger partial charge is 0.259 e. The Morgan fingerprint density at radius 2 is 2.00 bits per heavy atom. The zero-order valence-corrected chi connectivity index (χ0v) is 14.2. The molecule has 1 N–H and O–H groups in total. The van der Waals surface area contributed by atoms with Crippen molar-refractivity contribution in [3.05, 3.63) is 53.4 Å². The zero-order valence-electron chi connectivity index (χ0n) is 14.2. The van der Waals surface area contributed by atoms with Crippen LogP contribution in [0.1, 0.15) is 46.9 Å². The van der Waals surface area contributed by atoms with E-state index in [1.165, 1.54) is 11.8 Å². The van der Waals surface area contributed by atoms with Gasteiger partial charge in [-0.3, -0.25) is 9.59 Å². The van der Waals surface area contributed by atoms with Crippen LogP contribution in [0.5, 0.6) is 0 Å². The van der Waals surface area contributed by atoms with Crippen LogP contribution in [0.2, 0.25) is 0 Å². The lowest BCUT2D eigenvalue weighted by atomic mass is 9.74. The Labute approximate surface area is 146 Å². The molecule has 1 aromatic carbocycles. The summed E-state index contributed by atoms with van der Waals surface area (Å²) in [5, 5.41) is 6.91. The number of nitrogens with one attached hydrogen (secondary N) is 1. The van der Waals surface area contributed by atoms with Gasteiger partial charge in [0, 0.05) is 25.4 Å². The van der Waals surface area contributed by atoms with Crippen LogP contribution in [0.3, 0.4) is 0 Å². The number of likely N-dealkylation sites (tertiary alicyclic amines) is 1. The lowest BCUT2D eigenvalue weighted by molar-refractivity contribution is -0.120. The number of aromatic nitrogens is 1. The van der Waals surface area contributed by atoms with Crippen molar-refractivity contribution in [3.63, 3.8) is 0 Å². The average molecular weight is 339 g/mol. The lowest BCUT2D eigenvalue weighted by Crippen LogP contribution is -2.54. The predicted molar refractivity (Wildman–Crippen MR) is 91.1 cm³/mol. The van der Waals surface area contributed by atoms with E-state index in [4.69, 9.17) is 4.52 Å². The molecule has 2 aliphatic rings. The van der Waals surface area contributed by atoms with Gasteiger partial charge in [-0.1, -0.05) is 35.5 Å². The normalized spacial score (nSPS) is 22.2. The Kier molecular flexibility index (Phi) is 3.82. The number of carbonyl (C=O) groups is 2. The number of hydrogen-bond acceptors (Lipinski definition) is 4. The molecule has 2 aliphatic heterocycles. The maximum Gasteiger partial charge on any atom is 0.259 e. The largest absolute Gasteiger partial charge is 0.361 e. The van der Waals surface area contributed by atoms with Gasteiger partial charge in [0.2, 0.25) is 5.91 Å². The molecule has 6 nitrogen and oxygen atoms in total. The van der Waals surface area contributed by atoms with Crippen molar-refractivity contribution in [2.45, 2.75) is 37.6 Å². The van der Waals surface area contributed by atoms with Crippen LogP contribution >= 0.6 is 0 Å². The highest BCUT2D eigenvalue weighted by atomic mass is 16.5. The molecule has 2 saturated heterocycles. The van der Waals surface area contributed by atoms with E-state index in [1.807, 2.05) is 23.1 Å². The summed E-state index contributed by atoms with van der Waals surface area (Å²) in [6.45, 7) is 2.98. The van der Waals surface area contributed by atoms with Gasteiger partial charge in [-0.05, 0) is 25.3 Å². The molecule has 0 saturated carbocycles. The van der Waals surface area contributed by atoms with Gasteiger partial charge >= 0.3 is 0 Å². The number of amides is 2. The van der Waals surface area contributed by atoms with Crippen LogP contribution in [0.15, 0.2) is 41.1 Å². The fourth-order valence-electron chi connectivity index (χ4n) is 4.18. The van der Waals surface area contributed by atoms with Crippen LogP contribution in [-0.4, -0.2) is 40.5 Å². The number of carbonyl (C=O) groups excluding carboxylic acids is 2. The van der Waals surface area contributed by atoms with Crippen molar-refractivity contribution < 1.29 is 14.1 Å². The second kappa shape index (κ2) is 6.02. The number of benzene rings is 1. The summed E-state index contributed by atoms with van der Waals surface area (Å²) >= 11 is 0. The second-order valence-electron chi connectivity index (χ2n) is 6.96. The van der Waals surface area contributed by atoms with E-state index in [9.17, 15) is 9.59 Å². The third-order valence-corrected chi connectivity index (χ3v) is 5.57. The van der Waals surface area contributed by atoms with Crippen molar-refractivity contribution in [2.24, 2.45) is 0 Å². The van der Waals surface area contributed by atoms with Crippen molar-refractivity contribution in [1.29, 1.82) is 0 Å². The summed E-state index contributed by atoms with van der Waals surface area (Å²) in [6, 6.07) is 10.2. The monoisotopic (exact) mass is 339 g/mol. The van der Waals surface area contributed by atoms with Gasteiger partial charge < -0.3 is 14.7 Å². The Hall–Kier alpha value is -2.63. The third kappa shape index (κ3) is 2.71. The van der Waals surface area contributed by atoms with E-state index in [0.717, 1.165) is 12.8 Å². The molecule has 0 aliphatic carbocycles. The van der Waals surface area contributed by atoms with Crippen LogP contribution in [0.4, 0.5) is 0 Å². The van der Waals surface area contributed by atoms with E-state index in [-0.39, 0.29) is 23.3 Å². The number of hydrogen-bond donors (Lipinski definition) is 1. The maximum absolute atomic E-state index is 12.6. The molecule has 1 aromatic heterocycles. The average Bonchev–Trinajstić information content (AvgIpc) is 3.19. The minimum Gasteiger partial charge on any atom is -0.361 e. The highest BCUT2D eigenvalue weighted by molar-refractivity contribution is 5.95. The lowest BCUT2D eigenvalue weighted by Gasteiger charge is -2.43. The molecule has 4 rings (SSSR count). The summed E-state index contributed by atoms with van der Waals surface area (Å²) in [7, 11) is 0. The fraction of sp³-hybridized carbons (Fsp3) is 0.421. The molecule has 1 atom stereocenters. The molecular weight excluding hydrogens is 318 g/mol. The van der Waals surface area contributed by atoms with Crippen molar-refractivity contribution in [2.75, 3.05) is 13.1 Å². The van der Waals surface area contributed by atoms with Gasteiger partial charge in [0.25, 0.3) is 5.91 Å². The first-order chi connectivity index (χ1) is 12.1. The Morgan fingerprint density at radius 3 is 2.64 bits per heavy atom. The number of rotatable bonds is 2. The summed E-state index contributed by atoms with van der Waals surface area (Å²) in [5.74, 6) is 0.759. The zero-order chi connectivity index (χ0) is 17.4. The third-order valence-electron chi connectivity index (χ3n) is 5.57. The molecular formula is C19H21N3O3. The van der Waals surface area contributed by atoms with E-state index < -0.39 is 0 Å². The van der Waals surface area contributed by atoms with Gasteiger partial charge in [-0.25, -0.2) is 0 Å². The minimum absolute atomic E-state index is 0.0471. The molecule has 0 bridgehead atoms. The highest BCUT2D eigenvalue weighted by Gasteiger charge is 2.49. The minimum atomic E-state index is -0.251. The summed E-state index contributed by atoms with van der Waals surface area (Å²) < 4.78 is 5.00. The van der Waals surface area contributed by atoms with Crippen molar-refractivity contribution >= 4 is 11.8 Å². The van der Waals surface area contributed by atoms with Gasteiger partial charge in [-0.15, -0.1) is 0 Å². The molecule has 2 aromatic rings. The molecule has 0 radical (unpaired) electrons. The first-order valence-corrected chi connectivity index (χ1v) is 8.65. The topological polar surface area (TPSA) is 75.4 Å². The van der Waals surface area contributed by atoms with Crippen LogP contribution < -0.4 is 5.32 Å². The molecule has 1 unspecified atom stereocenters. The van der Waals surface area contributed by atoms with E-state index >= 15 is 0 Å². The Bertz CT molecular complexity index is 791. The van der Waals surface area contributed by atoms with Crippen LogP contribution in [-0.2, 0) is 4.79 Å². The Balaban J connectivity index is 1.52. The Morgan fingerprint density at radius 1 is 1.28 bits per heavy atom. The number of nitrogens with zero attached hydrogens (tertiary/aromatic N) is 2. The molecule has 25 heavy (non-hydrogen) atoms. The number of piperidine rings is 1. The highest BCUT2D eigenvalue weighted by Crippen LogP contribution is 2.43. The molecule has 130 valence electrons. The van der Waals surface area contributed by atoms with E-state index in [2.05, 4.69) is 22.6 Å². The second-order valence-corrected chi connectivity index (χ2v) is 6.96. The molecule has 6 heteroatoms. The summed E-state index contributed by atoms with van der Waals surface area (Å²) in [6.07, 6.45) is 3.51. The van der Waals surface area contributed by atoms with Crippen LogP contribution in [0.25, 0.3) is 0 Å².